The molecule has 3 N–H and O–H groups in total. The number of hydrogen-bond donors (Lipinski definition) is 3. The number of esters is 1. The number of nitrogens with one attached hydrogen (secondary N) is 3. The van der Waals surface area contributed by atoms with Crippen LogP contribution < -0.4 is 20.9 Å². The molecule has 35 heavy (non-hydrogen) atoms. The van der Waals surface area contributed by atoms with Gasteiger partial charge in [-0.1, -0.05) is 23.9 Å². The van der Waals surface area contributed by atoms with Crippen molar-refractivity contribution in [3.8, 4) is 5.75 Å². The van der Waals surface area contributed by atoms with Crippen LogP contribution in [0.25, 0.3) is 0 Å². The number of carbonyl (C=O) groups excluding carboxylic acids is 3. The highest BCUT2D eigenvalue weighted by molar-refractivity contribution is 7.99. The van der Waals surface area contributed by atoms with Crippen LogP contribution in [0.3, 0.4) is 0 Å². The topological polar surface area (TPSA) is 139 Å². The number of methoxy groups -OCH3 is 2. The third-order valence-corrected chi connectivity index (χ3v) is 5.54. The van der Waals surface area contributed by atoms with E-state index in [1.165, 1.54) is 25.3 Å². The molecule has 2 aromatic carbocycles. The summed E-state index contributed by atoms with van der Waals surface area (Å²) in [5.41, 5.74) is 1.62. The average molecular weight is 497 g/mol. The molecule has 3 rings (SSSR count). The number of amides is 2. The second kappa shape index (κ2) is 12.4. The highest BCUT2D eigenvalue weighted by Gasteiger charge is 2.11. The minimum absolute atomic E-state index is 0.0207. The normalized spacial score (nSPS) is 10.3. The highest BCUT2D eigenvalue weighted by atomic mass is 32.2. The summed E-state index contributed by atoms with van der Waals surface area (Å²) in [6, 6.07) is 14.8. The third kappa shape index (κ3) is 8.00. The molecule has 0 fully saturated rings. The Morgan fingerprint density at radius 1 is 1.03 bits per heavy atom. The smallest absolute Gasteiger partial charge is 0.337 e. The van der Waals surface area contributed by atoms with E-state index in [0.717, 1.165) is 17.3 Å². The van der Waals surface area contributed by atoms with Gasteiger partial charge < -0.3 is 25.1 Å². The third-order valence-electron chi connectivity index (χ3n) is 4.67. The molecule has 1 aromatic heterocycles. The van der Waals surface area contributed by atoms with Crippen LogP contribution in [0.4, 0.5) is 5.69 Å². The van der Waals surface area contributed by atoms with Crippen LogP contribution >= 0.6 is 11.8 Å². The van der Waals surface area contributed by atoms with Gasteiger partial charge in [-0.15, -0.1) is 0 Å². The Hall–Kier alpha value is -4.12. The van der Waals surface area contributed by atoms with Crippen LogP contribution in [0, 0.1) is 0 Å². The van der Waals surface area contributed by atoms with Gasteiger partial charge >= 0.3 is 5.97 Å². The number of aromatic amines is 1. The van der Waals surface area contributed by atoms with Crippen LogP contribution in [-0.2, 0) is 27.3 Å². The lowest BCUT2D eigenvalue weighted by Crippen LogP contribution is -2.26. The van der Waals surface area contributed by atoms with Gasteiger partial charge in [-0.3, -0.25) is 14.4 Å². The predicted molar refractivity (Wildman–Crippen MR) is 131 cm³/mol. The number of anilines is 1. The van der Waals surface area contributed by atoms with Crippen molar-refractivity contribution >= 4 is 35.2 Å². The van der Waals surface area contributed by atoms with Crippen LogP contribution in [0.5, 0.6) is 5.75 Å². The Kier molecular flexibility index (Phi) is 9.02. The number of nitrogens with zero attached hydrogens (tertiary/aromatic N) is 1. The second-order valence-corrected chi connectivity index (χ2v) is 8.22. The predicted octanol–water partition coefficient (Wildman–Crippen LogP) is 2.15. The van der Waals surface area contributed by atoms with Crippen molar-refractivity contribution in [1.82, 2.24) is 15.3 Å². The fraction of sp³-hybridized carbons (Fsp3) is 0.208. The van der Waals surface area contributed by atoms with Crippen molar-refractivity contribution < 1.29 is 23.9 Å². The van der Waals surface area contributed by atoms with Crippen molar-refractivity contribution in [2.24, 2.45) is 0 Å². The lowest BCUT2D eigenvalue weighted by atomic mass is 10.2. The molecule has 10 nitrogen and oxygen atoms in total. The van der Waals surface area contributed by atoms with E-state index in [0.29, 0.717) is 23.5 Å². The Bertz CT molecular complexity index is 1260. The van der Waals surface area contributed by atoms with E-state index in [2.05, 4.69) is 25.3 Å². The molecule has 2 amide bonds. The van der Waals surface area contributed by atoms with E-state index in [1.54, 1.807) is 19.2 Å². The lowest BCUT2D eigenvalue weighted by molar-refractivity contribution is -0.120. The van der Waals surface area contributed by atoms with Gasteiger partial charge in [0.05, 0.1) is 37.7 Å². The summed E-state index contributed by atoms with van der Waals surface area (Å²) in [6.07, 6.45) is -0.0831. The monoisotopic (exact) mass is 496 g/mol. The number of ether oxygens (including phenoxy) is 2. The van der Waals surface area contributed by atoms with E-state index in [-0.39, 0.29) is 34.8 Å². The van der Waals surface area contributed by atoms with Gasteiger partial charge in [0.2, 0.25) is 11.8 Å². The minimum Gasteiger partial charge on any atom is -0.497 e. The fourth-order valence-electron chi connectivity index (χ4n) is 2.99. The second-order valence-electron chi connectivity index (χ2n) is 7.25. The van der Waals surface area contributed by atoms with E-state index < -0.39 is 11.5 Å². The molecular formula is C24H24N4O6S. The van der Waals surface area contributed by atoms with Crippen molar-refractivity contribution in [1.29, 1.82) is 0 Å². The summed E-state index contributed by atoms with van der Waals surface area (Å²) in [7, 11) is 2.86. The Labute approximate surface area is 205 Å². The van der Waals surface area contributed by atoms with Crippen LogP contribution in [0.1, 0.15) is 21.6 Å². The standard InChI is InChI=1S/C24H24N4O6S/c1-33-19-5-3-4-15(10-19)13-25-20(29)11-18-12-21(30)28-24(27-18)35-14-22(31)26-17-8-6-16(7-9-17)23(32)34-2/h3-10,12H,11,13-14H2,1-2H3,(H,25,29)(H,26,31)(H,27,28,30). The molecule has 11 heteroatoms. The van der Waals surface area contributed by atoms with Gasteiger partial charge in [-0.25, -0.2) is 9.78 Å². The van der Waals surface area contributed by atoms with Gasteiger partial charge in [-0.2, -0.15) is 0 Å². The SMILES string of the molecule is COC(=O)c1ccc(NC(=O)CSc2nc(CC(=O)NCc3cccc(OC)c3)cc(=O)[nH]2)cc1. The van der Waals surface area contributed by atoms with Gasteiger partial charge in [0, 0.05) is 18.3 Å². The molecule has 0 aliphatic rings. The van der Waals surface area contributed by atoms with E-state index >= 15 is 0 Å². The highest BCUT2D eigenvalue weighted by Crippen LogP contribution is 2.15. The van der Waals surface area contributed by atoms with Crippen molar-refractivity contribution in [3.63, 3.8) is 0 Å². The molecule has 0 saturated heterocycles. The number of aromatic nitrogens is 2. The maximum atomic E-state index is 12.3. The molecule has 0 bridgehead atoms. The maximum absolute atomic E-state index is 12.3. The molecule has 0 atom stereocenters. The maximum Gasteiger partial charge on any atom is 0.337 e. The molecule has 0 saturated carbocycles. The molecule has 0 aliphatic heterocycles. The number of benzene rings is 2. The fourth-order valence-corrected chi connectivity index (χ4v) is 3.69. The summed E-state index contributed by atoms with van der Waals surface area (Å²) in [6.45, 7) is 0.307. The van der Waals surface area contributed by atoms with Crippen LogP contribution in [0.15, 0.2) is 64.5 Å². The zero-order valence-electron chi connectivity index (χ0n) is 19.1. The molecular weight excluding hydrogens is 472 g/mol. The van der Waals surface area contributed by atoms with Gasteiger partial charge in [0.1, 0.15) is 5.75 Å². The Morgan fingerprint density at radius 2 is 1.80 bits per heavy atom. The van der Waals surface area contributed by atoms with E-state index in [4.69, 9.17) is 4.74 Å². The zero-order chi connectivity index (χ0) is 25.2. The first kappa shape index (κ1) is 25.5. The van der Waals surface area contributed by atoms with Gasteiger partial charge in [0.25, 0.3) is 5.56 Å². The summed E-state index contributed by atoms with van der Waals surface area (Å²) >= 11 is 1.03. The lowest BCUT2D eigenvalue weighted by Gasteiger charge is -2.08. The number of hydrogen-bond acceptors (Lipinski definition) is 8. The number of carbonyl (C=O) groups is 3. The van der Waals surface area contributed by atoms with E-state index in [1.807, 2.05) is 24.3 Å². The quantitative estimate of drug-likeness (QED) is 0.220. The van der Waals surface area contributed by atoms with Gasteiger partial charge in [0.15, 0.2) is 5.16 Å². The summed E-state index contributed by atoms with van der Waals surface area (Å²) in [5, 5.41) is 5.70. The summed E-state index contributed by atoms with van der Waals surface area (Å²) in [4.78, 5) is 54.9. The zero-order valence-corrected chi connectivity index (χ0v) is 19.9. The molecule has 0 spiro atoms. The largest absolute Gasteiger partial charge is 0.497 e. The molecule has 0 aliphatic carbocycles. The van der Waals surface area contributed by atoms with Crippen LogP contribution in [0.2, 0.25) is 0 Å². The Balaban J connectivity index is 1.51. The van der Waals surface area contributed by atoms with Crippen molar-refractivity contribution in [2.45, 2.75) is 18.1 Å². The number of thioether (sulfide) groups is 1. The van der Waals surface area contributed by atoms with Crippen molar-refractivity contribution in [2.75, 3.05) is 25.3 Å². The number of rotatable bonds is 10. The first-order valence-electron chi connectivity index (χ1n) is 10.5. The molecule has 3 aromatic rings. The van der Waals surface area contributed by atoms with Crippen molar-refractivity contribution in [3.05, 3.63) is 81.8 Å². The first-order chi connectivity index (χ1) is 16.9. The Morgan fingerprint density at radius 3 is 2.51 bits per heavy atom. The number of H-pyrrole nitrogens is 1. The average Bonchev–Trinajstić information content (AvgIpc) is 2.86. The van der Waals surface area contributed by atoms with Crippen LogP contribution in [-0.4, -0.2) is 47.7 Å². The first-order valence-corrected chi connectivity index (χ1v) is 11.5. The summed E-state index contributed by atoms with van der Waals surface area (Å²) < 4.78 is 9.80. The molecule has 0 radical (unpaired) electrons. The molecule has 182 valence electrons. The molecule has 1 heterocycles. The van der Waals surface area contributed by atoms with E-state index in [9.17, 15) is 19.2 Å². The molecule has 0 unspecified atom stereocenters. The minimum atomic E-state index is -0.470. The van der Waals surface area contributed by atoms with Gasteiger partial charge in [-0.05, 0) is 42.0 Å². The summed E-state index contributed by atoms with van der Waals surface area (Å²) in [5.74, 6) is -0.424.